The molecule has 0 radical (unpaired) electrons. The van der Waals surface area contributed by atoms with Crippen molar-refractivity contribution < 1.29 is 9.59 Å². The van der Waals surface area contributed by atoms with Crippen LogP contribution in [0.15, 0.2) is 42.0 Å². The number of carbonyl (C=O) groups excluding carboxylic acids is 2. The van der Waals surface area contributed by atoms with Crippen LogP contribution in [0, 0.1) is 0 Å². The molecule has 0 bridgehead atoms. The second-order valence-corrected chi connectivity index (χ2v) is 7.65. The summed E-state index contributed by atoms with van der Waals surface area (Å²) in [5.74, 6) is 0.0438. The minimum absolute atomic E-state index is 0.0489. The molecule has 1 unspecified atom stereocenters. The van der Waals surface area contributed by atoms with Crippen molar-refractivity contribution in [1.82, 2.24) is 14.8 Å². The van der Waals surface area contributed by atoms with Crippen molar-refractivity contribution >= 4 is 34.4 Å². The van der Waals surface area contributed by atoms with E-state index in [4.69, 9.17) is 0 Å². The summed E-state index contributed by atoms with van der Waals surface area (Å²) in [5, 5.41) is 2.98. The van der Waals surface area contributed by atoms with E-state index < -0.39 is 0 Å². The Bertz CT molecular complexity index is 857. The summed E-state index contributed by atoms with van der Waals surface area (Å²) in [7, 11) is 0. The van der Waals surface area contributed by atoms with E-state index in [9.17, 15) is 9.59 Å². The molecule has 2 aliphatic rings. The third kappa shape index (κ3) is 3.60. The van der Waals surface area contributed by atoms with Gasteiger partial charge in [0, 0.05) is 50.9 Å². The first-order valence-corrected chi connectivity index (χ1v) is 9.99. The van der Waals surface area contributed by atoms with E-state index >= 15 is 0 Å². The first-order chi connectivity index (χ1) is 13.1. The van der Waals surface area contributed by atoms with Crippen LogP contribution < -0.4 is 4.90 Å². The fourth-order valence-corrected chi connectivity index (χ4v) is 4.42. The lowest BCUT2D eigenvalue weighted by atomic mass is 9.93. The van der Waals surface area contributed by atoms with Crippen molar-refractivity contribution in [2.75, 3.05) is 31.1 Å². The van der Waals surface area contributed by atoms with E-state index in [1.807, 2.05) is 46.8 Å². The first kappa shape index (κ1) is 17.7. The number of rotatable bonds is 3. The zero-order chi connectivity index (χ0) is 18.8. The SMILES string of the molecule is CC(=O)N1C=Cc2ccccc2C1CC(=O)N1CCN(c2nccs2)CC1. The quantitative estimate of drug-likeness (QED) is 0.819. The highest BCUT2D eigenvalue weighted by Crippen LogP contribution is 2.33. The summed E-state index contributed by atoms with van der Waals surface area (Å²) in [6, 6.07) is 7.72. The van der Waals surface area contributed by atoms with Gasteiger partial charge in [-0.25, -0.2) is 4.98 Å². The largest absolute Gasteiger partial charge is 0.345 e. The van der Waals surface area contributed by atoms with Gasteiger partial charge in [-0.2, -0.15) is 0 Å². The first-order valence-electron chi connectivity index (χ1n) is 9.12. The molecule has 1 atom stereocenters. The van der Waals surface area contributed by atoms with Crippen LogP contribution in [0.25, 0.3) is 6.08 Å². The molecule has 1 aromatic heterocycles. The number of benzene rings is 1. The molecule has 3 heterocycles. The van der Waals surface area contributed by atoms with Gasteiger partial charge in [0.2, 0.25) is 11.8 Å². The number of hydrogen-bond donors (Lipinski definition) is 0. The number of amides is 2. The Hall–Kier alpha value is -2.67. The van der Waals surface area contributed by atoms with Crippen molar-refractivity contribution in [3.8, 4) is 0 Å². The topological polar surface area (TPSA) is 56.8 Å². The average Bonchev–Trinajstić information content (AvgIpc) is 3.23. The lowest BCUT2D eigenvalue weighted by molar-refractivity contribution is -0.134. The molecule has 0 aliphatic carbocycles. The Kier molecular flexibility index (Phi) is 4.94. The average molecular weight is 382 g/mol. The van der Waals surface area contributed by atoms with Gasteiger partial charge in [-0.15, -0.1) is 11.3 Å². The predicted octanol–water partition coefficient (Wildman–Crippen LogP) is 2.76. The van der Waals surface area contributed by atoms with Crippen LogP contribution in [-0.4, -0.2) is 52.8 Å². The highest BCUT2D eigenvalue weighted by molar-refractivity contribution is 7.13. The maximum Gasteiger partial charge on any atom is 0.225 e. The summed E-state index contributed by atoms with van der Waals surface area (Å²) in [4.78, 5) is 35.2. The molecular formula is C20H22N4O2S. The molecule has 1 aromatic carbocycles. The van der Waals surface area contributed by atoms with Crippen molar-refractivity contribution in [2.45, 2.75) is 19.4 Å². The Morgan fingerprint density at radius 1 is 1.19 bits per heavy atom. The Morgan fingerprint density at radius 3 is 2.67 bits per heavy atom. The van der Waals surface area contributed by atoms with Gasteiger partial charge in [0.15, 0.2) is 5.13 Å². The van der Waals surface area contributed by atoms with Crippen LogP contribution in [0.4, 0.5) is 5.13 Å². The summed E-state index contributed by atoms with van der Waals surface area (Å²) in [5.41, 5.74) is 2.10. The number of nitrogens with zero attached hydrogens (tertiary/aromatic N) is 4. The fraction of sp³-hybridized carbons (Fsp3) is 0.350. The standard InChI is InChI=1S/C20H22N4O2S/c1-15(25)24-8-6-16-4-2-3-5-17(16)18(24)14-19(26)22-9-11-23(12-10-22)20-21-7-13-27-20/h2-8,13,18H,9-12,14H2,1H3. The molecule has 2 aliphatic heterocycles. The Morgan fingerprint density at radius 2 is 1.96 bits per heavy atom. The normalized spacial score (nSPS) is 19.1. The van der Waals surface area contributed by atoms with Gasteiger partial charge >= 0.3 is 0 Å². The summed E-state index contributed by atoms with van der Waals surface area (Å²) < 4.78 is 0. The minimum atomic E-state index is -0.242. The molecule has 2 aromatic rings. The van der Waals surface area contributed by atoms with Gasteiger partial charge < -0.3 is 14.7 Å². The number of hydrogen-bond acceptors (Lipinski definition) is 5. The van der Waals surface area contributed by atoms with Crippen LogP contribution in [0.5, 0.6) is 0 Å². The van der Waals surface area contributed by atoms with Gasteiger partial charge in [-0.1, -0.05) is 24.3 Å². The number of anilines is 1. The van der Waals surface area contributed by atoms with Crippen LogP contribution in [-0.2, 0) is 9.59 Å². The van der Waals surface area contributed by atoms with E-state index in [-0.39, 0.29) is 17.9 Å². The summed E-state index contributed by atoms with van der Waals surface area (Å²) in [6.07, 6.45) is 5.84. The number of piperazine rings is 1. The molecule has 27 heavy (non-hydrogen) atoms. The third-order valence-corrected chi connectivity index (χ3v) is 5.99. The zero-order valence-electron chi connectivity index (χ0n) is 15.2. The maximum atomic E-state index is 13.0. The van der Waals surface area contributed by atoms with Crippen molar-refractivity contribution in [3.63, 3.8) is 0 Å². The van der Waals surface area contributed by atoms with E-state index in [0.29, 0.717) is 19.5 Å². The zero-order valence-corrected chi connectivity index (χ0v) is 16.1. The molecule has 140 valence electrons. The van der Waals surface area contributed by atoms with Crippen molar-refractivity contribution in [3.05, 3.63) is 53.2 Å². The second-order valence-electron chi connectivity index (χ2n) is 6.77. The number of carbonyl (C=O) groups is 2. The molecule has 6 nitrogen and oxygen atoms in total. The molecule has 0 N–H and O–H groups in total. The summed E-state index contributed by atoms with van der Waals surface area (Å²) >= 11 is 1.62. The summed E-state index contributed by atoms with van der Waals surface area (Å²) in [6.45, 7) is 4.49. The molecule has 0 saturated carbocycles. The number of fused-ring (bicyclic) bond motifs is 1. The van der Waals surface area contributed by atoms with Crippen molar-refractivity contribution in [1.29, 1.82) is 0 Å². The molecular weight excluding hydrogens is 360 g/mol. The second kappa shape index (κ2) is 7.52. The number of thiazole rings is 1. The van der Waals surface area contributed by atoms with Gasteiger partial charge in [0.25, 0.3) is 0 Å². The van der Waals surface area contributed by atoms with Crippen LogP contribution in [0.2, 0.25) is 0 Å². The van der Waals surface area contributed by atoms with E-state index in [2.05, 4.69) is 9.88 Å². The third-order valence-electron chi connectivity index (χ3n) is 5.16. The Labute approximate surface area is 162 Å². The minimum Gasteiger partial charge on any atom is -0.345 e. The van der Waals surface area contributed by atoms with Crippen molar-refractivity contribution in [2.24, 2.45) is 0 Å². The lowest BCUT2D eigenvalue weighted by Crippen LogP contribution is -2.49. The van der Waals surface area contributed by atoms with Gasteiger partial charge in [-0.3, -0.25) is 9.59 Å². The van der Waals surface area contributed by atoms with Gasteiger partial charge in [0.1, 0.15) is 0 Å². The smallest absolute Gasteiger partial charge is 0.225 e. The number of aromatic nitrogens is 1. The molecule has 4 rings (SSSR count). The Balaban J connectivity index is 1.45. The monoisotopic (exact) mass is 382 g/mol. The van der Waals surface area contributed by atoms with Crippen LogP contribution >= 0.6 is 11.3 Å². The molecule has 1 saturated heterocycles. The van der Waals surface area contributed by atoms with Crippen LogP contribution in [0.1, 0.15) is 30.5 Å². The van der Waals surface area contributed by atoms with E-state index in [1.54, 1.807) is 29.4 Å². The fourth-order valence-electron chi connectivity index (χ4n) is 3.73. The molecule has 1 fully saturated rings. The highest BCUT2D eigenvalue weighted by atomic mass is 32.1. The molecule has 7 heteroatoms. The van der Waals surface area contributed by atoms with E-state index in [1.165, 1.54) is 0 Å². The molecule has 0 spiro atoms. The predicted molar refractivity (Wildman–Crippen MR) is 106 cm³/mol. The highest BCUT2D eigenvalue weighted by Gasteiger charge is 2.31. The maximum absolute atomic E-state index is 13.0. The van der Waals surface area contributed by atoms with Gasteiger partial charge in [0.05, 0.1) is 12.5 Å². The molecule has 2 amide bonds. The lowest BCUT2D eigenvalue weighted by Gasteiger charge is -2.37. The van der Waals surface area contributed by atoms with Gasteiger partial charge in [-0.05, 0) is 17.2 Å². The van der Waals surface area contributed by atoms with Crippen LogP contribution in [0.3, 0.4) is 0 Å². The van der Waals surface area contributed by atoms with E-state index in [0.717, 1.165) is 29.3 Å².